The molecule has 192 valence electrons. The van der Waals surface area contributed by atoms with Crippen LogP contribution in [0.5, 0.6) is 5.75 Å². The van der Waals surface area contributed by atoms with E-state index in [2.05, 4.69) is 4.98 Å². The number of ketones is 1. The van der Waals surface area contributed by atoms with Gasteiger partial charge in [-0.1, -0.05) is 19.1 Å². The number of anilines is 1. The molecule has 1 aromatic carbocycles. The van der Waals surface area contributed by atoms with Gasteiger partial charge in [0, 0.05) is 32.7 Å². The van der Waals surface area contributed by atoms with Gasteiger partial charge in [-0.25, -0.2) is 9.37 Å². The van der Waals surface area contributed by atoms with Crippen molar-refractivity contribution in [2.45, 2.75) is 44.7 Å². The lowest BCUT2D eigenvalue weighted by Gasteiger charge is -2.28. The zero-order chi connectivity index (χ0) is 26.0. The van der Waals surface area contributed by atoms with Gasteiger partial charge in [-0.3, -0.25) is 19.0 Å². The summed E-state index contributed by atoms with van der Waals surface area (Å²) in [7, 11) is 3.41. The molecule has 1 unspecified atom stereocenters. The predicted octanol–water partition coefficient (Wildman–Crippen LogP) is 2.78. The molecule has 2 aliphatic heterocycles. The van der Waals surface area contributed by atoms with Crippen LogP contribution in [-0.2, 0) is 16.0 Å². The molecule has 2 bridgehead atoms. The number of hydrogen-bond donors (Lipinski definition) is 1. The van der Waals surface area contributed by atoms with Crippen LogP contribution in [0.15, 0.2) is 35.1 Å². The average Bonchev–Trinajstić information content (AvgIpc) is 3.05. The van der Waals surface area contributed by atoms with Crippen molar-refractivity contribution in [3.05, 3.63) is 63.6 Å². The molecule has 0 saturated carbocycles. The number of carbonyl (C=O) groups is 2. The van der Waals surface area contributed by atoms with Crippen molar-refractivity contribution in [1.29, 1.82) is 0 Å². The third-order valence-electron chi connectivity index (χ3n) is 6.89. The lowest BCUT2D eigenvalue weighted by molar-refractivity contribution is -0.128. The zero-order valence-corrected chi connectivity index (χ0v) is 20.7. The highest BCUT2D eigenvalue weighted by molar-refractivity contribution is 5.96. The fourth-order valence-electron chi connectivity index (χ4n) is 4.69. The van der Waals surface area contributed by atoms with Crippen LogP contribution in [0.3, 0.4) is 0 Å². The second-order valence-electron chi connectivity index (χ2n) is 9.22. The Hall–Kier alpha value is -3.53. The molecule has 2 atom stereocenters. The maximum atomic E-state index is 14.0. The first-order valence-electron chi connectivity index (χ1n) is 12.1. The second kappa shape index (κ2) is 10.6. The Bertz CT molecular complexity index is 1260. The number of aromatic hydroxyl groups is 1. The fourth-order valence-corrected chi connectivity index (χ4v) is 4.69. The van der Waals surface area contributed by atoms with Crippen molar-refractivity contribution >= 4 is 17.4 Å². The SMILES string of the molecule is CC[C@H]1COCC2c3nc(c(O)c(=O)n31)C(=O)CCc1ccc(F)cc1N(C)CC/C=C/C(=O)N2C. The van der Waals surface area contributed by atoms with Crippen LogP contribution in [0.25, 0.3) is 0 Å². The van der Waals surface area contributed by atoms with Gasteiger partial charge in [0.05, 0.1) is 19.3 Å². The number of benzene rings is 1. The van der Waals surface area contributed by atoms with E-state index in [1.807, 2.05) is 18.9 Å². The monoisotopic (exact) mass is 498 g/mol. The lowest BCUT2D eigenvalue weighted by atomic mass is 10.0. The van der Waals surface area contributed by atoms with Gasteiger partial charge in [-0.15, -0.1) is 0 Å². The van der Waals surface area contributed by atoms with Gasteiger partial charge in [-0.2, -0.15) is 0 Å². The van der Waals surface area contributed by atoms with E-state index in [1.165, 1.54) is 27.7 Å². The summed E-state index contributed by atoms with van der Waals surface area (Å²) in [5.74, 6) is -1.73. The van der Waals surface area contributed by atoms with Crippen LogP contribution >= 0.6 is 0 Å². The quantitative estimate of drug-likeness (QED) is 0.645. The minimum absolute atomic E-state index is 0.0387. The van der Waals surface area contributed by atoms with Crippen LogP contribution in [0.4, 0.5) is 10.1 Å². The highest BCUT2D eigenvalue weighted by Gasteiger charge is 2.34. The summed E-state index contributed by atoms with van der Waals surface area (Å²) in [6, 6.07) is 3.25. The van der Waals surface area contributed by atoms with Crippen molar-refractivity contribution in [3.8, 4) is 5.75 Å². The van der Waals surface area contributed by atoms with E-state index < -0.39 is 35.0 Å². The van der Waals surface area contributed by atoms with Crippen molar-refractivity contribution in [2.75, 3.05) is 38.8 Å². The Morgan fingerprint density at radius 1 is 1.17 bits per heavy atom. The first-order valence-corrected chi connectivity index (χ1v) is 12.1. The van der Waals surface area contributed by atoms with Crippen LogP contribution < -0.4 is 10.5 Å². The number of amides is 1. The summed E-state index contributed by atoms with van der Waals surface area (Å²) >= 11 is 0. The van der Waals surface area contributed by atoms with E-state index in [1.54, 1.807) is 19.2 Å². The molecule has 0 fully saturated rings. The van der Waals surface area contributed by atoms with Gasteiger partial charge in [0.1, 0.15) is 17.7 Å². The third-order valence-corrected chi connectivity index (χ3v) is 6.89. The van der Waals surface area contributed by atoms with Crippen LogP contribution in [0, 0.1) is 5.82 Å². The standard InChI is InChI=1S/C26H31FN4O5/c1-4-18-14-36-15-20-25-28-23(24(34)26(35)31(18)25)21(32)11-9-16-8-10-17(27)13-19(16)29(2)12-6-5-7-22(33)30(20)3/h5,7-8,10,13,18,20,34H,4,6,9,11-12,14-15H2,1-3H3/b7-5+/t18-,20?/m0/s1. The molecule has 0 aliphatic carbocycles. The predicted molar refractivity (Wildman–Crippen MR) is 132 cm³/mol. The van der Waals surface area contributed by atoms with Crippen LogP contribution in [0.2, 0.25) is 0 Å². The van der Waals surface area contributed by atoms with E-state index in [4.69, 9.17) is 4.74 Å². The fraction of sp³-hybridized carbons (Fsp3) is 0.462. The van der Waals surface area contributed by atoms with E-state index in [0.29, 0.717) is 25.1 Å². The number of Topliss-reactive ketones (excluding diaryl/α,β-unsaturated/α-hetero) is 1. The van der Waals surface area contributed by atoms with Gasteiger partial charge in [0.15, 0.2) is 11.5 Å². The van der Waals surface area contributed by atoms with E-state index >= 15 is 0 Å². The molecule has 4 rings (SSSR count). The number of aryl methyl sites for hydroxylation is 1. The summed E-state index contributed by atoms with van der Waals surface area (Å²) in [5.41, 5.74) is 0.329. The topological polar surface area (TPSA) is 105 Å². The minimum atomic E-state index is -0.731. The minimum Gasteiger partial charge on any atom is -0.501 e. The first-order chi connectivity index (χ1) is 17.2. The molecule has 1 aromatic heterocycles. The molecule has 36 heavy (non-hydrogen) atoms. The Labute approximate surface area is 208 Å². The molecular formula is C26H31FN4O5. The first kappa shape index (κ1) is 25.6. The summed E-state index contributed by atoms with van der Waals surface area (Å²) < 4.78 is 21.2. The number of hydrogen-bond acceptors (Lipinski definition) is 7. The van der Waals surface area contributed by atoms with Crippen LogP contribution in [-0.4, -0.2) is 65.1 Å². The van der Waals surface area contributed by atoms with Gasteiger partial charge < -0.3 is 19.6 Å². The second-order valence-corrected chi connectivity index (χ2v) is 9.22. The smallest absolute Gasteiger partial charge is 0.296 e. The lowest BCUT2D eigenvalue weighted by Crippen LogP contribution is -2.38. The largest absolute Gasteiger partial charge is 0.501 e. The molecule has 2 aliphatic rings. The van der Waals surface area contributed by atoms with E-state index in [9.17, 15) is 23.9 Å². The number of likely N-dealkylation sites (N-methyl/N-ethyl adjacent to an activating group) is 1. The van der Waals surface area contributed by atoms with E-state index in [-0.39, 0.29) is 43.5 Å². The molecule has 10 heteroatoms. The van der Waals surface area contributed by atoms with Gasteiger partial charge >= 0.3 is 0 Å². The summed E-state index contributed by atoms with van der Waals surface area (Å²) in [5, 5.41) is 10.7. The molecule has 0 radical (unpaired) electrons. The normalized spacial score (nSPS) is 22.2. The zero-order valence-electron chi connectivity index (χ0n) is 20.7. The molecule has 2 aromatic rings. The van der Waals surface area contributed by atoms with E-state index in [0.717, 1.165) is 5.56 Å². The number of nitrogens with zero attached hydrogens (tertiary/aromatic N) is 4. The number of aromatic nitrogens is 2. The van der Waals surface area contributed by atoms with Crippen molar-refractivity contribution < 1.29 is 23.8 Å². The third kappa shape index (κ3) is 4.90. The van der Waals surface area contributed by atoms with Gasteiger partial charge in [-0.05, 0) is 43.0 Å². The van der Waals surface area contributed by atoms with Crippen molar-refractivity contribution in [3.63, 3.8) is 0 Å². The molecule has 0 spiro atoms. The molecule has 9 nitrogen and oxygen atoms in total. The Balaban J connectivity index is 1.85. The molecule has 1 amide bonds. The van der Waals surface area contributed by atoms with Crippen molar-refractivity contribution in [1.82, 2.24) is 14.5 Å². The van der Waals surface area contributed by atoms with Gasteiger partial charge in [0.2, 0.25) is 11.7 Å². The maximum Gasteiger partial charge on any atom is 0.296 e. The summed E-state index contributed by atoms with van der Waals surface area (Å²) in [6.45, 7) is 2.72. The Morgan fingerprint density at radius 3 is 2.69 bits per heavy atom. The number of halogens is 1. The summed E-state index contributed by atoms with van der Waals surface area (Å²) in [6.07, 6.45) is 4.50. The molecular weight excluding hydrogens is 467 g/mol. The number of rotatable bonds is 1. The van der Waals surface area contributed by atoms with Crippen molar-refractivity contribution in [2.24, 2.45) is 0 Å². The highest BCUT2D eigenvalue weighted by atomic mass is 19.1. The van der Waals surface area contributed by atoms with Crippen LogP contribution in [0.1, 0.15) is 60.1 Å². The highest BCUT2D eigenvalue weighted by Crippen LogP contribution is 2.29. The number of fused-ring (bicyclic) bond motifs is 2. The maximum absolute atomic E-state index is 14.0. The average molecular weight is 499 g/mol. The Morgan fingerprint density at radius 2 is 1.94 bits per heavy atom. The number of ether oxygens (including phenoxy) is 1. The molecule has 0 saturated heterocycles. The molecule has 3 heterocycles. The van der Waals surface area contributed by atoms with Gasteiger partial charge in [0.25, 0.3) is 5.56 Å². The summed E-state index contributed by atoms with van der Waals surface area (Å²) in [4.78, 5) is 47.3. The molecule has 1 N–H and O–H groups in total. The Kier molecular flexibility index (Phi) is 7.53. The number of carbonyl (C=O) groups excluding carboxylic acids is 2.